The third-order valence-electron chi connectivity index (χ3n) is 3.30. The van der Waals surface area contributed by atoms with Gasteiger partial charge < -0.3 is 9.64 Å². The number of halogens is 5. The second kappa shape index (κ2) is 9.57. The van der Waals surface area contributed by atoms with Crippen molar-refractivity contribution in [3.63, 3.8) is 0 Å². The van der Waals surface area contributed by atoms with E-state index in [0.717, 1.165) is 18.6 Å². The van der Waals surface area contributed by atoms with Gasteiger partial charge in [0.25, 0.3) is 0 Å². The fourth-order valence-electron chi connectivity index (χ4n) is 2.23. The second-order valence-electron chi connectivity index (χ2n) is 5.35. The Morgan fingerprint density at radius 3 is 2.48 bits per heavy atom. The summed E-state index contributed by atoms with van der Waals surface area (Å²) in [4.78, 5) is 17.7. The maximum absolute atomic E-state index is 12.5. The molecule has 0 atom stereocenters. The molecule has 1 aromatic heterocycles. The molecule has 2 aromatic rings. The van der Waals surface area contributed by atoms with Crippen LogP contribution in [0.5, 0.6) is 5.75 Å². The summed E-state index contributed by atoms with van der Waals surface area (Å²) in [5.74, 6) is 0.0800. The molecule has 0 N–H and O–H groups in total. The van der Waals surface area contributed by atoms with Gasteiger partial charge in [0.15, 0.2) is 5.75 Å². The molecule has 0 fully saturated rings. The number of benzene rings is 1. The van der Waals surface area contributed by atoms with E-state index in [1.165, 1.54) is 23.3 Å². The summed E-state index contributed by atoms with van der Waals surface area (Å²) in [6.45, 7) is 2.75. The van der Waals surface area contributed by atoms with Crippen molar-refractivity contribution in [2.75, 3.05) is 19.7 Å². The van der Waals surface area contributed by atoms with Gasteiger partial charge in [0, 0.05) is 23.8 Å². The number of carbonyl (C=O) groups is 1. The van der Waals surface area contributed by atoms with E-state index >= 15 is 0 Å². The first-order chi connectivity index (χ1) is 12.7. The van der Waals surface area contributed by atoms with Crippen molar-refractivity contribution < 1.29 is 22.7 Å². The Labute approximate surface area is 168 Å². The molecule has 2 rings (SSSR count). The maximum Gasteiger partial charge on any atom is 0.446 e. The molecule has 148 valence electrons. The minimum absolute atomic E-state index is 0.0303. The predicted octanol–water partition coefficient (Wildman–Crippen LogP) is 5.56. The van der Waals surface area contributed by atoms with Gasteiger partial charge in [-0.25, -0.2) is 9.78 Å². The summed E-state index contributed by atoms with van der Waals surface area (Å²) in [5, 5.41) is -0.0607. The van der Waals surface area contributed by atoms with Crippen LogP contribution >= 0.6 is 35.0 Å². The van der Waals surface area contributed by atoms with E-state index in [0.29, 0.717) is 6.54 Å². The Morgan fingerprint density at radius 2 is 1.96 bits per heavy atom. The van der Waals surface area contributed by atoms with Crippen molar-refractivity contribution in [2.24, 2.45) is 0 Å². The minimum atomic E-state index is -4.44. The van der Waals surface area contributed by atoms with Crippen LogP contribution in [0.25, 0.3) is 0 Å². The zero-order valence-corrected chi connectivity index (χ0v) is 16.5. The molecule has 5 nitrogen and oxygen atoms in total. The number of amides is 1. The van der Waals surface area contributed by atoms with Crippen LogP contribution in [0.1, 0.15) is 13.3 Å². The first-order valence-electron chi connectivity index (χ1n) is 7.86. The summed E-state index contributed by atoms with van der Waals surface area (Å²) in [7, 11) is 0. The molecule has 1 amide bonds. The molecule has 1 aromatic carbocycles. The molecule has 1 heterocycles. The van der Waals surface area contributed by atoms with E-state index in [1.54, 1.807) is 4.90 Å². The molecule has 0 saturated carbocycles. The highest BCUT2D eigenvalue weighted by Gasteiger charge is 2.30. The fraction of sp³-hybridized carbons (Fsp3) is 0.375. The second-order valence-corrected chi connectivity index (χ2v) is 7.30. The van der Waals surface area contributed by atoms with E-state index in [2.05, 4.69) is 4.98 Å². The van der Waals surface area contributed by atoms with E-state index in [1.807, 2.05) is 6.92 Å². The quantitative estimate of drug-likeness (QED) is 0.527. The third kappa shape index (κ3) is 6.51. The highest BCUT2D eigenvalue weighted by atomic mass is 35.5. The minimum Gasteiger partial charge on any atom is -0.489 e. The molecule has 11 heteroatoms. The number of nitrogens with zero attached hydrogens (tertiary/aromatic N) is 3. The lowest BCUT2D eigenvalue weighted by Crippen LogP contribution is -2.37. The van der Waals surface area contributed by atoms with Crippen LogP contribution in [0.2, 0.25) is 10.0 Å². The van der Waals surface area contributed by atoms with E-state index in [-0.39, 0.29) is 51.6 Å². The van der Waals surface area contributed by atoms with Crippen molar-refractivity contribution in [1.29, 1.82) is 0 Å². The molecular weight excluding hydrogens is 426 g/mol. The molecule has 0 aliphatic heterocycles. The van der Waals surface area contributed by atoms with Gasteiger partial charge in [-0.15, -0.1) is 0 Å². The van der Waals surface area contributed by atoms with Crippen LogP contribution in [-0.2, 0) is 0 Å². The molecular formula is C16H16Cl2F3N3O2S. The Morgan fingerprint density at radius 1 is 1.30 bits per heavy atom. The van der Waals surface area contributed by atoms with Crippen LogP contribution in [0, 0.1) is 0 Å². The number of aromatic nitrogens is 2. The van der Waals surface area contributed by atoms with Crippen LogP contribution in [0.4, 0.5) is 18.0 Å². The standard InChI is InChI=1S/C16H16Cl2F3N3O2S/c1-2-4-23(15(25)24-5-3-22-10-24)6-7-26-14-12(17)8-11(9-13(14)18)27-16(19,20)21/h3,5,8-10H,2,4,6-7H2,1H3. The topological polar surface area (TPSA) is 47.4 Å². The van der Waals surface area contributed by atoms with Crippen LogP contribution in [0.3, 0.4) is 0 Å². The van der Waals surface area contributed by atoms with Crippen LogP contribution in [0.15, 0.2) is 35.7 Å². The Balaban J connectivity index is 2.01. The van der Waals surface area contributed by atoms with Crippen molar-refractivity contribution in [2.45, 2.75) is 23.7 Å². The zero-order valence-electron chi connectivity index (χ0n) is 14.2. The average molecular weight is 442 g/mol. The van der Waals surface area contributed by atoms with Crippen molar-refractivity contribution in [3.8, 4) is 5.75 Å². The van der Waals surface area contributed by atoms with Crippen LogP contribution < -0.4 is 4.74 Å². The zero-order chi connectivity index (χ0) is 20.0. The highest BCUT2D eigenvalue weighted by Crippen LogP contribution is 2.42. The number of imidazole rings is 1. The molecule has 0 bridgehead atoms. The SMILES string of the molecule is CCCN(CCOc1c(Cl)cc(SC(F)(F)F)cc1Cl)C(=O)n1ccnc1. The predicted molar refractivity (Wildman–Crippen MR) is 98.8 cm³/mol. The van der Waals surface area contributed by atoms with Gasteiger partial charge in [-0.2, -0.15) is 13.2 Å². The van der Waals surface area contributed by atoms with Crippen LogP contribution in [-0.4, -0.2) is 45.7 Å². The Hall–Kier alpha value is -1.58. The number of rotatable bonds is 7. The van der Waals surface area contributed by atoms with Gasteiger partial charge in [0.1, 0.15) is 12.9 Å². The van der Waals surface area contributed by atoms with Crippen molar-refractivity contribution in [3.05, 3.63) is 40.9 Å². The van der Waals surface area contributed by atoms with Gasteiger partial charge in [0.05, 0.1) is 16.6 Å². The van der Waals surface area contributed by atoms with Gasteiger partial charge in [0.2, 0.25) is 0 Å². The summed E-state index contributed by atoms with van der Waals surface area (Å²) in [6, 6.07) is 2.02. The summed E-state index contributed by atoms with van der Waals surface area (Å²) in [6.07, 6.45) is 5.18. The molecule has 0 aliphatic carbocycles. The molecule has 27 heavy (non-hydrogen) atoms. The lowest BCUT2D eigenvalue weighted by molar-refractivity contribution is -0.0328. The van der Waals surface area contributed by atoms with Crippen molar-refractivity contribution in [1.82, 2.24) is 14.5 Å². The lowest BCUT2D eigenvalue weighted by Gasteiger charge is -2.22. The largest absolute Gasteiger partial charge is 0.489 e. The van der Waals surface area contributed by atoms with Gasteiger partial charge in [-0.1, -0.05) is 30.1 Å². The monoisotopic (exact) mass is 441 g/mol. The average Bonchev–Trinajstić information content (AvgIpc) is 3.08. The summed E-state index contributed by atoms with van der Waals surface area (Å²) < 4.78 is 44.3. The van der Waals surface area contributed by atoms with Crippen molar-refractivity contribution >= 4 is 41.0 Å². The van der Waals surface area contributed by atoms with Gasteiger partial charge in [-0.05, 0) is 30.3 Å². The Bertz CT molecular complexity index is 750. The lowest BCUT2D eigenvalue weighted by atomic mass is 10.3. The Kier molecular flexibility index (Phi) is 7.69. The molecule has 0 saturated heterocycles. The summed E-state index contributed by atoms with van der Waals surface area (Å²) in [5.41, 5.74) is -4.44. The summed E-state index contributed by atoms with van der Waals surface area (Å²) >= 11 is 11.7. The molecule has 0 radical (unpaired) electrons. The number of thioether (sulfide) groups is 1. The van der Waals surface area contributed by atoms with E-state index in [9.17, 15) is 18.0 Å². The third-order valence-corrected chi connectivity index (χ3v) is 4.57. The number of hydrogen-bond donors (Lipinski definition) is 0. The highest BCUT2D eigenvalue weighted by molar-refractivity contribution is 8.00. The number of carbonyl (C=O) groups excluding carboxylic acids is 1. The normalized spacial score (nSPS) is 11.5. The van der Waals surface area contributed by atoms with E-state index in [4.69, 9.17) is 27.9 Å². The number of alkyl halides is 3. The maximum atomic E-state index is 12.5. The first-order valence-corrected chi connectivity index (χ1v) is 9.43. The number of hydrogen-bond acceptors (Lipinski definition) is 4. The van der Waals surface area contributed by atoms with Gasteiger partial charge >= 0.3 is 11.5 Å². The number of ether oxygens (including phenoxy) is 1. The molecule has 0 unspecified atom stereocenters. The smallest absolute Gasteiger partial charge is 0.446 e. The molecule has 0 aliphatic rings. The first kappa shape index (κ1) is 21.7. The molecule has 0 spiro atoms. The van der Waals surface area contributed by atoms with Gasteiger partial charge in [-0.3, -0.25) is 4.57 Å². The van der Waals surface area contributed by atoms with E-state index < -0.39 is 5.51 Å². The fourth-order valence-corrected chi connectivity index (χ4v) is 3.58.